The summed E-state index contributed by atoms with van der Waals surface area (Å²) in [6.45, 7) is 21.3. The Labute approximate surface area is 150 Å². The van der Waals surface area contributed by atoms with Crippen molar-refractivity contribution in [2.75, 3.05) is 13.2 Å². The van der Waals surface area contributed by atoms with Crippen molar-refractivity contribution >= 4 is 14.1 Å². The predicted octanol–water partition coefficient (Wildman–Crippen LogP) is 6.28. The molecule has 3 heteroatoms. The zero-order chi connectivity index (χ0) is 18.4. The van der Waals surface area contributed by atoms with Gasteiger partial charge in [-0.3, -0.25) is 0 Å². The van der Waals surface area contributed by atoms with E-state index in [1.807, 2.05) is 6.92 Å². The predicted molar refractivity (Wildman–Crippen MR) is 108 cm³/mol. The molecule has 0 unspecified atom stereocenters. The van der Waals surface area contributed by atoms with E-state index in [4.69, 9.17) is 9.16 Å². The number of hydrogen-bond acceptors (Lipinski definition) is 2. The third kappa shape index (κ3) is 6.44. The Bertz CT molecular complexity index is 512. The topological polar surface area (TPSA) is 18.5 Å². The summed E-state index contributed by atoms with van der Waals surface area (Å²) in [5.41, 5.74) is 2.43. The summed E-state index contributed by atoms with van der Waals surface area (Å²) in [7, 11) is -1.62. The minimum atomic E-state index is -1.62. The summed E-state index contributed by atoms with van der Waals surface area (Å²) >= 11 is 0. The van der Waals surface area contributed by atoms with Gasteiger partial charge < -0.3 is 9.16 Å². The standard InChI is InChI=1S/C21H36O2Si/c1-9-22-18(3)20-12-10-19(11-13-20)16-17(2)14-15-23-24(7,8)21(4,5)6/h10-13,17H,3,9,14-16H2,1-2,4-8H3/t17-/m1/s1. The van der Waals surface area contributed by atoms with Crippen molar-refractivity contribution in [3.05, 3.63) is 42.0 Å². The van der Waals surface area contributed by atoms with E-state index >= 15 is 0 Å². The van der Waals surface area contributed by atoms with Crippen LogP contribution < -0.4 is 0 Å². The van der Waals surface area contributed by atoms with E-state index in [1.54, 1.807) is 0 Å². The molecule has 2 nitrogen and oxygen atoms in total. The van der Waals surface area contributed by atoms with Gasteiger partial charge >= 0.3 is 0 Å². The Morgan fingerprint density at radius 2 is 1.75 bits per heavy atom. The van der Waals surface area contributed by atoms with E-state index in [9.17, 15) is 0 Å². The van der Waals surface area contributed by atoms with E-state index in [0.717, 1.165) is 30.8 Å². The molecule has 0 spiro atoms. The van der Waals surface area contributed by atoms with Crippen molar-refractivity contribution in [3.63, 3.8) is 0 Å². The van der Waals surface area contributed by atoms with Gasteiger partial charge in [0.15, 0.2) is 8.32 Å². The summed E-state index contributed by atoms with van der Waals surface area (Å²) in [5.74, 6) is 1.37. The number of ether oxygens (including phenoxy) is 1. The molecular formula is C21H36O2Si. The van der Waals surface area contributed by atoms with Crippen molar-refractivity contribution in [2.24, 2.45) is 5.92 Å². The molecule has 0 saturated heterocycles. The van der Waals surface area contributed by atoms with Crippen LogP contribution in [0.15, 0.2) is 30.8 Å². The van der Waals surface area contributed by atoms with E-state index in [2.05, 4.69) is 71.6 Å². The molecule has 24 heavy (non-hydrogen) atoms. The molecule has 0 fully saturated rings. The van der Waals surface area contributed by atoms with Gasteiger partial charge in [0.25, 0.3) is 0 Å². The fourth-order valence-electron chi connectivity index (χ4n) is 2.32. The van der Waals surface area contributed by atoms with Gasteiger partial charge in [0.1, 0.15) is 5.76 Å². The highest BCUT2D eigenvalue weighted by molar-refractivity contribution is 6.74. The Hall–Kier alpha value is -1.06. The lowest BCUT2D eigenvalue weighted by Gasteiger charge is -2.36. The number of rotatable bonds is 9. The second-order valence-corrected chi connectivity index (χ2v) is 13.1. The van der Waals surface area contributed by atoms with Crippen LogP contribution in [0, 0.1) is 5.92 Å². The monoisotopic (exact) mass is 348 g/mol. The molecule has 0 N–H and O–H groups in total. The largest absolute Gasteiger partial charge is 0.494 e. The highest BCUT2D eigenvalue weighted by atomic mass is 28.4. The molecule has 0 saturated carbocycles. The number of benzene rings is 1. The summed E-state index contributed by atoms with van der Waals surface area (Å²) in [5, 5.41) is 0.287. The van der Waals surface area contributed by atoms with Crippen molar-refractivity contribution in [2.45, 2.75) is 65.6 Å². The highest BCUT2D eigenvalue weighted by Crippen LogP contribution is 2.36. The Morgan fingerprint density at radius 1 is 1.17 bits per heavy atom. The molecule has 0 radical (unpaired) electrons. The van der Waals surface area contributed by atoms with Crippen LogP contribution in [0.3, 0.4) is 0 Å². The molecule has 1 aromatic rings. The molecule has 0 aliphatic heterocycles. The van der Waals surface area contributed by atoms with Gasteiger partial charge in [0.05, 0.1) is 6.61 Å². The minimum absolute atomic E-state index is 0.287. The lowest BCUT2D eigenvalue weighted by atomic mass is 9.97. The third-order valence-electron chi connectivity index (χ3n) is 5.06. The second-order valence-electron chi connectivity index (χ2n) is 8.26. The lowest BCUT2D eigenvalue weighted by Crippen LogP contribution is -2.41. The van der Waals surface area contributed by atoms with Gasteiger partial charge in [0.2, 0.25) is 0 Å². The summed E-state index contributed by atoms with van der Waals surface area (Å²) in [4.78, 5) is 0. The second kappa shape index (κ2) is 8.86. The van der Waals surface area contributed by atoms with Crippen LogP contribution in [0.5, 0.6) is 0 Å². The van der Waals surface area contributed by atoms with E-state index in [0.29, 0.717) is 12.5 Å². The van der Waals surface area contributed by atoms with Crippen LogP contribution in [0.1, 0.15) is 52.2 Å². The molecule has 136 valence electrons. The van der Waals surface area contributed by atoms with Gasteiger partial charge in [-0.25, -0.2) is 0 Å². The smallest absolute Gasteiger partial charge is 0.191 e. The molecule has 1 atom stereocenters. The lowest BCUT2D eigenvalue weighted by molar-refractivity contribution is 0.259. The van der Waals surface area contributed by atoms with Crippen molar-refractivity contribution in [1.82, 2.24) is 0 Å². The van der Waals surface area contributed by atoms with Crippen LogP contribution in [0.2, 0.25) is 18.1 Å². The van der Waals surface area contributed by atoms with Gasteiger partial charge in [-0.15, -0.1) is 0 Å². The zero-order valence-electron chi connectivity index (χ0n) is 16.7. The van der Waals surface area contributed by atoms with Crippen molar-refractivity contribution in [1.29, 1.82) is 0 Å². The molecule has 0 aliphatic carbocycles. The van der Waals surface area contributed by atoms with Gasteiger partial charge in [-0.1, -0.05) is 58.5 Å². The van der Waals surface area contributed by atoms with Crippen LogP contribution in [-0.4, -0.2) is 21.5 Å². The van der Waals surface area contributed by atoms with Gasteiger partial charge in [0, 0.05) is 12.2 Å². The first-order chi connectivity index (χ1) is 11.1. The minimum Gasteiger partial charge on any atom is -0.494 e. The summed E-state index contributed by atoms with van der Waals surface area (Å²) < 4.78 is 11.7. The molecular weight excluding hydrogens is 312 g/mol. The first-order valence-corrected chi connectivity index (χ1v) is 12.0. The maximum atomic E-state index is 6.29. The van der Waals surface area contributed by atoms with Crippen molar-refractivity contribution < 1.29 is 9.16 Å². The first kappa shape index (κ1) is 21.0. The molecule has 0 aromatic heterocycles. The molecule has 0 amide bonds. The first-order valence-electron chi connectivity index (χ1n) is 9.12. The van der Waals surface area contributed by atoms with Crippen LogP contribution in [-0.2, 0) is 15.6 Å². The molecule has 0 aliphatic rings. The van der Waals surface area contributed by atoms with E-state index in [1.165, 1.54) is 5.56 Å². The highest BCUT2D eigenvalue weighted by Gasteiger charge is 2.36. The Balaban J connectivity index is 2.45. The number of hydrogen-bond donors (Lipinski definition) is 0. The fourth-order valence-corrected chi connectivity index (χ4v) is 3.38. The average Bonchev–Trinajstić information content (AvgIpc) is 2.46. The quantitative estimate of drug-likeness (QED) is 0.386. The van der Waals surface area contributed by atoms with Crippen LogP contribution in [0.25, 0.3) is 5.76 Å². The van der Waals surface area contributed by atoms with Gasteiger partial charge in [-0.05, 0) is 49.4 Å². The van der Waals surface area contributed by atoms with Crippen LogP contribution >= 0.6 is 0 Å². The summed E-state index contributed by atoms with van der Waals surface area (Å²) in [6.07, 6.45) is 2.20. The zero-order valence-corrected chi connectivity index (χ0v) is 17.7. The van der Waals surface area contributed by atoms with Gasteiger partial charge in [-0.2, -0.15) is 0 Å². The Morgan fingerprint density at radius 3 is 2.25 bits per heavy atom. The maximum absolute atomic E-state index is 6.29. The Kier molecular flexibility index (Phi) is 7.75. The average molecular weight is 349 g/mol. The molecule has 0 heterocycles. The van der Waals surface area contributed by atoms with E-state index in [-0.39, 0.29) is 5.04 Å². The normalized spacial score (nSPS) is 13.6. The molecule has 0 bridgehead atoms. The molecule has 1 rings (SSSR count). The molecule has 1 aromatic carbocycles. The summed E-state index contributed by atoms with van der Waals surface area (Å²) in [6, 6.07) is 8.58. The van der Waals surface area contributed by atoms with Crippen LogP contribution in [0.4, 0.5) is 0 Å². The maximum Gasteiger partial charge on any atom is 0.191 e. The van der Waals surface area contributed by atoms with Crippen molar-refractivity contribution in [3.8, 4) is 0 Å². The third-order valence-corrected chi connectivity index (χ3v) is 9.60. The fraction of sp³-hybridized carbons (Fsp3) is 0.619. The van der Waals surface area contributed by atoms with E-state index < -0.39 is 8.32 Å². The SMILES string of the molecule is C=C(OCC)c1ccc(C[C@H](C)CCO[Si](C)(C)C(C)(C)C)cc1.